The number of likely N-dealkylation sites (tertiary alicyclic amines) is 1. The Bertz CT molecular complexity index is 479. The summed E-state index contributed by atoms with van der Waals surface area (Å²) < 4.78 is 6.19. The highest BCUT2D eigenvalue weighted by Crippen LogP contribution is 2.27. The van der Waals surface area contributed by atoms with E-state index in [4.69, 9.17) is 10.5 Å². The summed E-state index contributed by atoms with van der Waals surface area (Å²) in [6.45, 7) is 2.75. The first-order chi connectivity index (χ1) is 9.02. The molecule has 19 heavy (non-hydrogen) atoms. The van der Waals surface area contributed by atoms with Crippen LogP contribution in [0.25, 0.3) is 0 Å². The van der Waals surface area contributed by atoms with Crippen molar-refractivity contribution in [2.24, 2.45) is 5.73 Å². The van der Waals surface area contributed by atoms with Crippen LogP contribution in [0.3, 0.4) is 0 Å². The molecule has 1 saturated heterocycles. The van der Waals surface area contributed by atoms with E-state index in [-0.39, 0.29) is 18.0 Å². The highest BCUT2D eigenvalue weighted by Gasteiger charge is 2.29. The summed E-state index contributed by atoms with van der Waals surface area (Å²) in [4.78, 5) is 14.5. The molecule has 2 atom stereocenters. The first kappa shape index (κ1) is 14.3. The third-order valence-electron chi connectivity index (χ3n) is 3.57. The number of piperidine rings is 1. The van der Waals surface area contributed by atoms with E-state index in [0.29, 0.717) is 17.9 Å². The second kappa shape index (κ2) is 5.92. The molecule has 1 fully saturated rings. The minimum absolute atomic E-state index is 0.0174. The molecular weight excluding hydrogens is 308 g/mol. The predicted molar refractivity (Wildman–Crippen MR) is 78.4 cm³/mol. The maximum Gasteiger partial charge on any atom is 0.257 e. The standard InChI is InChI=1S/C14H19BrN2O2/c1-9-7-11(16)5-6-17(9)14(18)12-4-3-10(15)8-13(12)19-2/h3-4,8-9,11H,5-7,16H2,1-2H3. The van der Waals surface area contributed by atoms with E-state index in [9.17, 15) is 4.79 Å². The topological polar surface area (TPSA) is 55.6 Å². The number of carbonyl (C=O) groups is 1. The third-order valence-corrected chi connectivity index (χ3v) is 4.06. The molecule has 2 rings (SSSR count). The van der Waals surface area contributed by atoms with Crippen molar-refractivity contribution in [1.29, 1.82) is 0 Å². The van der Waals surface area contributed by atoms with Gasteiger partial charge in [-0.25, -0.2) is 0 Å². The average molecular weight is 327 g/mol. The minimum atomic E-state index is 0.0174. The van der Waals surface area contributed by atoms with Crippen molar-refractivity contribution in [2.75, 3.05) is 13.7 Å². The molecule has 1 aromatic rings. The van der Waals surface area contributed by atoms with Crippen molar-refractivity contribution in [3.63, 3.8) is 0 Å². The molecule has 2 N–H and O–H groups in total. The van der Waals surface area contributed by atoms with E-state index < -0.39 is 0 Å². The number of hydrogen-bond acceptors (Lipinski definition) is 3. The number of nitrogens with zero attached hydrogens (tertiary/aromatic N) is 1. The Morgan fingerprint density at radius 3 is 2.89 bits per heavy atom. The summed E-state index contributed by atoms with van der Waals surface area (Å²) in [5.74, 6) is 0.616. The monoisotopic (exact) mass is 326 g/mol. The van der Waals surface area contributed by atoms with Gasteiger partial charge in [0, 0.05) is 23.1 Å². The molecule has 5 heteroatoms. The fraction of sp³-hybridized carbons (Fsp3) is 0.500. The van der Waals surface area contributed by atoms with E-state index in [1.165, 1.54) is 0 Å². The molecule has 4 nitrogen and oxygen atoms in total. The Balaban J connectivity index is 2.24. The van der Waals surface area contributed by atoms with Crippen molar-refractivity contribution in [3.8, 4) is 5.75 Å². The summed E-state index contributed by atoms with van der Waals surface area (Å²) in [5, 5.41) is 0. The van der Waals surface area contributed by atoms with Crippen LogP contribution in [0.1, 0.15) is 30.1 Å². The van der Waals surface area contributed by atoms with Gasteiger partial charge in [-0.3, -0.25) is 4.79 Å². The van der Waals surface area contributed by atoms with E-state index in [1.54, 1.807) is 13.2 Å². The van der Waals surface area contributed by atoms with Gasteiger partial charge in [-0.1, -0.05) is 15.9 Å². The number of halogens is 1. The molecule has 1 aromatic carbocycles. The Kier molecular flexibility index (Phi) is 4.47. The van der Waals surface area contributed by atoms with Gasteiger partial charge >= 0.3 is 0 Å². The highest BCUT2D eigenvalue weighted by atomic mass is 79.9. The summed E-state index contributed by atoms with van der Waals surface area (Å²) >= 11 is 3.38. The Labute approximate surface area is 122 Å². The largest absolute Gasteiger partial charge is 0.496 e. The van der Waals surface area contributed by atoms with E-state index in [0.717, 1.165) is 17.3 Å². The third kappa shape index (κ3) is 3.09. The van der Waals surface area contributed by atoms with Crippen LogP contribution < -0.4 is 10.5 Å². The van der Waals surface area contributed by atoms with Crippen LogP contribution >= 0.6 is 15.9 Å². The second-order valence-electron chi connectivity index (χ2n) is 4.98. The van der Waals surface area contributed by atoms with Gasteiger partial charge in [-0.15, -0.1) is 0 Å². The molecule has 1 amide bonds. The van der Waals surface area contributed by atoms with Crippen LogP contribution in [0.2, 0.25) is 0 Å². The lowest BCUT2D eigenvalue weighted by molar-refractivity contribution is 0.0615. The fourth-order valence-corrected chi connectivity index (χ4v) is 2.85. The summed E-state index contributed by atoms with van der Waals surface area (Å²) in [6, 6.07) is 5.84. The van der Waals surface area contributed by atoms with Crippen LogP contribution in [0.15, 0.2) is 22.7 Å². The van der Waals surface area contributed by atoms with Gasteiger partial charge in [0.15, 0.2) is 0 Å². The zero-order valence-electron chi connectivity index (χ0n) is 11.2. The maximum absolute atomic E-state index is 12.6. The van der Waals surface area contributed by atoms with Crippen molar-refractivity contribution in [1.82, 2.24) is 4.90 Å². The Morgan fingerprint density at radius 1 is 1.53 bits per heavy atom. The molecule has 1 aliphatic heterocycles. The summed E-state index contributed by atoms with van der Waals surface area (Å²) in [5.41, 5.74) is 6.54. The molecule has 104 valence electrons. The van der Waals surface area contributed by atoms with Crippen LogP contribution in [-0.2, 0) is 0 Å². The highest BCUT2D eigenvalue weighted by molar-refractivity contribution is 9.10. The van der Waals surface area contributed by atoms with Crippen LogP contribution in [0.4, 0.5) is 0 Å². The van der Waals surface area contributed by atoms with Crippen LogP contribution in [0, 0.1) is 0 Å². The molecular formula is C14H19BrN2O2. The van der Waals surface area contributed by atoms with E-state index in [2.05, 4.69) is 15.9 Å². The van der Waals surface area contributed by atoms with Gasteiger partial charge in [-0.2, -0.15) is 0 Å². The number of nitrogens with two attached hydrogens (primary N) is 1. The number of hydrogen-bond donors (Lipinski definition) is 1. The normalized spacial score (nSPS) is 23.3. The number of ether oxygens (including phenoxy) is 1. The number of methoxy groups -OCH3 is 1. The lowest BCUT2D eigenvalue weighted by atomic mass is 9.98. The molecule has 1 heterocycles. The summed E-state index contributed by atoms with van der Waals surface area (Å²) in [6.07, 6.45) is 1.71. The number of rotatable bonds is 2. The van der Waals surface area contributed by atoms with Gasteiger partial charge in [0.1, 0.15) is 5.75 Å². The zero-order valence-corrected chi connectivity index (χ0v) is 12.8. The molecule has 0 bridgehead atoms. The van der Waals surface area contributed by atoms with Crippen molar-refractivity contribution in [2.45, 2.75) is 31.8 Å². The minimum Gasteiger partial charge on any atom is -0.496 e. The van der Waals surface area contributed by atoms with Gasteiger partial charge < -0.3 is 15.4 Å². The first-order valence-corrected chi connectivity index (χ1v) is 7.22. The molecule has 0 radical (unpaired) electrons. The van der Waals surface area contributed by atoms with Gasteiger partial charge in [-0.05, 0) is 38.0 Å². The van der Waals surface area contributed by atoms with E-state index in [1.807, 2.05) is 24.0 Å². The van der Waals surface area contributed by atoms with E-state index >= 15 is 0 Å². The quantitative estimate of drug-likeness (QED) is 0.908. The van der Waals surface area contributed by atoms with Crippen molar-refractivity contribution in [3.05, 3.63) is 28.2 Å². The number of carbonyl (C=O) groups excluding carboxylic acids is 1. The molecule has 2 unspecified atom stereocenters. The number of amides is 1. The SMILES string of the molecule is COc1cc(Br)ccc1C(=O)N1CCC(N)CC1C. The van der Waals surface area contributed by atoms with Crippen molar-refractivity contribution < 1.29 is 9.53 Å². The predicted octanol–water partition coefficient (Wildman–Crippen LogP) is 2.41. The first-order valence-electron chi connectivity index (χ1n) is 6.43. The van der Waals surface area contributed by atoms with Crippen LogP contribution in [-0.4, -0.2) is 36.5 Å². The van der Waals surface area contributed by atoms with Gasteiger partial charge in [0.25, 0.3) is 5.91 Å². The zero-order chi connectivity index (χ0) is 14.0. The Hall–Kier alpha value is -1.07. The Morgan fingerprint density at radius 2 is 2.26 bits per heavy atom. The van der Waals surface area contributed by atoms with Crippen LogP contribution in [0.5, 0.6) is 5.75 Å². The summed E-state index contributed by atoms with van der Waals surface area (Å²) in [7, 11) is 1.58. The molecule has 0 saturated carbocycles. The van der Waals surface area contributed by atoms with Gasteiger partial charge in [0.2, 0.25) is 0 Å². The molecule has 1 aliphatic rings. The lowest BCUT2D eigenvalue weighted by Gasteiger charge is -2.36. The molecule has 0 aromatic heterocycles. The molecule has 0 aliphatic carbocycles. The number of benzene rings is 1. The second-order valence-corrected chi connectivity index (χ2v) is 5.89. The maximum atomic E-state index is 12.6. The lowest BCUT2D eigenvalue weighted by Crippen LogP contribution is -2.48. The smallest absolute Gasteiger partial charge is 0.257 e. The molecule has 0 spiro atoms. The average Bonchev–Trinajstić information content (AvgIpc) is 2.37. The fourth-order valence-electron chi connectivity index (χ4n) is 2.51. The van der Waals surface area contributed by atoms with Crippen molar-refractivity contribution >= 4 is 21.8 Å². The van der Waals surface area contributed by atoms with Gasteiger partial charge in [0.05, 0.1) is 12.7 Å².